The van der Waals surface area contributed by atoms with Gasteiger partial charge in [-0.1, -0.05) is 25.2 Å². The number of nitrogens with one attached hydrogen (secondary N) is 1. The topological polar surface area (TPSA) is 139 Å². The lowest BCUT2D eigenvalue weighted by Crippen LogP contribution is -2.16. The molecular formula is C23H28N6O6S2. The van der Waals surface area contributed by atoms with Gasteiger partial charge >= 0.3 is 0 Å². The fourth-order valence-electron chi connectivity index (χ4n) is 3.37. The predicted octanol–water partition coefficient (Wildman–Crippen LogP) is 3.32. The van der Waals surface area contributed by atoms with Crippen LogP contribution in [0.4, 0.5) is 5.69 Å². The Kier molecular flexibility index (Phi) is 8.55. The number of benzene rings is 1. The van der Waals surface area contributed by atoms with Gasteiger partial charge in [-0.15, -0.1) is 10.2 Å². The van der Waals surface area contributed by atoms with Gasteiger partial charge in [0.05, 0.1) is 50.4 Å². The lowest BCUT2D eigenvalue weighted by Gasteiger charge is -2.12. The molecule has 0 atom stereocenters. The van der Waals surface area contributed by atoms with Gasteiger partial charge in [-0.2, -0.15) is 0 Å². The Hall–Kier alpha value is -3.91. The highest BCUT2D eigenvalue weighted by molar-refractivity contribution is 7.95. The number of aromatic nitrogens is 5. The van der Waals surface area contributed by atoms with Crippen molar-refractivity contribution in [1.82, 2.24) is 24.4 Å². The molecule has 0 aliphatic rings. The molecule has 0 aliphatic carbocycles. The first-order valence-electron chi connectivity index (χ1n) is 11.1. The average molecular weight is 549 g/mol. The van der Waals surface area contributed by atoms with Crippen LogP contribution < -0.4 is 24.5 Å². The van der Waals surface area contributed by atoms with Crippen molar-refractivity contribution in [1.29, 1.82) is 0 Å². The number of aryl methyl sites for hydroxylation is 2. The lowest BCUT2D eigenvalue weighted by atomic mass is 10.1. The predicted molar refractivity (Wildman–Crippen MR) is 143 cm³/mol. The summed E-state index contributed by atoms with van der Waals surface area (Å²) >= 11 is 1.27. The van der Waals surface area contributed by atoms with E-state index in [9.17, 15) is 13.2 Å². The zero-order chi connectivity index (χ0) is 27.3. The van der Waals surface area contributed by atoms with Crippen LogP contribution in [0.1, 0.15) is 24.4 Å². The molecule has 0 unspecified atom stereocenters. The summed E-state index contributed by atoms with van der Waals surface area (Å²) in [5.41, 5.74) is 0.874. The van der Waals surface area contributed by atoms with E-state index in [0.29, 0.717) is 44.0 Å². The highest BCUT2D eigenvalue weighted by Gasteiger charge is 2.20. The molecule has 4 aromatic rings. The molecule has 12 nitrogen and oxygen atoms in total. The number of hydrogen-bond donors (Lipinski definition) is 1. The zero-order valence-corrected chi connectivity index (χ0v) is 23.1. The molecule has 0 spiro atoms. The molecule has 0 fully saturated rings. The molecule has 0 saturated heterocycles. The summed E-state index contributed by atoms with van der Waals surface area (Å²) in [6.45, 7) is 5.79. The van der Waals surface area contributed by atoms with E-state index < -0.39 is 10.0 Å². The number of fused-ring (bicyclic) bond motifs is 1. The third kappa shape index (κ3) is 5.75. The van der Waals surface area contributed by atoms with Crippen molar-refractivity contribution in [3.05, 3.63) is 50.9 Å². The van der Waals surface area contributed by atoms with Gasteiger partial charge in [-0.05, 0) is 13.0 Å². The van der Waals surface area contributed by atoms with Crippen molar-refractivity contribution >= 4 is 38.8 Å². The third-order valence-electron chi connectivity index (χ3n) is 5.03. The second-order valence-electron chi connectivity index (χ2n) is 7.24. The van der Waals surface area contributed by atoms with Gasteiger partial charge in [-0.25, -0.2) is 22.6 Å². The van der Waals surface area contributed by atoms with Gasteiger partial charge in [-0.3, -0.25) is 9.52 Å². The van der Waals surface area contributed by atoms with Gasteiger partial charge < -0.3 is 14.2 Å². The van der Waals surface area contributed by atoms with Crippen molar-refractivity contribution in [2.45, 2.75) is 20.8 Å². The SMILES string of the molecule is CC.COc1cc(OC)c(/C=C/S(=O)(=O)Nc2cnc3c(-c4nnc(C)s4)c(=O)n(C)n3c2)c(OC)c1. The minimum Gasteiger partial charge on any atom is -0.496 e. The Balaban J connectivity index is 0.00000186. The summed E-state index contributed by atoms with van der Waals surface area (Å²) < 4.78 is 46.7. The molecule has 14 heteroatoms. The largest absolute Gasteiger partial charge is 0.496 e. The summed E-state index contributed by atoms with van der Waals surface area (Å²) in [6.07, 6.45) is 4.14. The van der Waals surface area contributed by atoms with Crippen molar-refractivity contribution in [2.75, 3.05) is 26.1 Å². The molecule has 4 rings (SSSR count). The summed E-state index contributed by atoms with van der Waals surface area (Å²) in [7, 11) is 2.00. The van der Waals surface area contributed by atoms with E-state index in [-0.39, 0.29) is 11.2 Å². The summed E-state index contributed by atoms with van der Waals surface area (Å²) in [5.74, 6) is 1.24. The normalized spacial score (nSPS) is 11.3. The smallest absolute Gasteiger partial charge is 0.279 e. The first kappa shape index (κ1) is 27.7. The summed E-state index contributed by atoms with van der Waals surface area (Å²) in [6, 6.07) is 3.23. The second kappa shape index (κ2) is 11.4. The van der Waals surface area contributed by atoms with Crippen LogP contribution in [-0.2, 0) is 17.1 Å². The molecule has 3 aromatic heterocycles. The Morgan fingerprint density at radius 1 is 1.05 bits per heavy atom. The Labute approximate surface area is 218 Å². The molecule has 37 heavy (non-hydrogen) atoms. The Morgan fingerprint density at radius 2 is 1.70 bits per heavy atom. The second-order valence-corrected chi connectivity index (χ2v) is 9.98. The minimum atomic E-state index is -3.97. The molecule has 0 radical (unpaired) electrons. The van der Waals surface area contributed by atoms with Crippen LogP contribution in [0.15, 0.2) is 34.7 Å². The molecule has 0 saturated carbocycles. The van der Waals surface area contributed by atoms with Crippen molar-refractivity contribution in [2.24, 2.45) is 7.05 Å². The zero-order valence-electron chi connectivity index (χ0n) is 21.5. The monoisotopic (exact) mass is 548 g/mol. The van der Waals surface area contributed by atoms with Crippen molar-refractivity contribution in [3.8, 4) is 27.8 Å². The maximum atomic E-state index is 12.8. The van der Waals surface area contributed by atoms with E-state index in [1.807, 2.05) is 13.8 Å². The van der Waals surface area contributed by atoms with Gasteiger partial charge in [0.2, 0.25) is 0 Å². The molecule has 198 valence electrons. The molecule has 0 aliphatic heterocycles. The molecule has 3 heterocycles. The minimum absolute atomic E-state index is 0.154. The number of methoxy groups -OCH3 is 3. The molecule has 0 bridgehead atoms. The third-order valence-corrected chi connectivity index (χ3v) is 6.90. The van der Waals surface area contributed by atoms with Gasteiger partial charge in [0.15, 0.2) is 10.7 Å². The fourth-order valence-corrected chi connectivity index (χ4v) is 4.91. The first-order chi connectivity index (χ1) is 17.7. The lowest BCUT2D eigenvalue weighted by molar-refractivity contribution is 0.374. The van der Waals surface area contributed by atoms with Crippen LogP contribution in [0.3, 0.4) is 0 Å². The van der Waals surface area contributed by atoms with Gasteiger partial charge in [0, 0.05) is 19.2 Å². The maximum absolute atomic E-state index is 12.8. The van der Waals surface area contributed by atoms with Crippen LogP contribution in [0.25, 0.3) is 22.3 Å². The summed E-state index contributed by atoms with van der Waals surface area (Å²) in [5, 5.41) is 10.1. The number of hydrogen-bond acceptors (Lipinski definition) is 10. The summed E-state index contributed by atoms with van der Waals surface area (Å²) in [4.78, 5) is 17.1. The van der Waals surface area contributed by atoms with Gasteiger partial charge in [0.25, 0.3) is 15.6 Å². The van der Waals surface area contributed by atoms with E-state index in [2.05, 4.69) is 19.9 Å². The quantitative estimate of drug-likeness (QED) is 0.351. The van der Waals surface area contributed by atoms with E-state index in [1.165, 1.54) is 60.3 Å². The average Bonchev–Trinajstić information content (AvgIpc) is 3.43. The first-order valence-corrected chi connectivity index (χ1v) is 13.4. The van der Waals surface area contributed by atoms with Crippen LogP contribution in [-0.4, -0.2) is 54.1 Å². The molecule has 1 aromatic carbocycles. The highest BCUT2D eigenvalue weighted by atomic mass is 32.2. The fraction of sp³-hybridized carbons (Fsp3) is 0.304. The van der Waals surface area contributed by atoms with Crippen molar-refractivity contribution in [3.63, 3.8) is 0 Å². The van der Waals surface area contributed by atoms with Crippen LogP contribution in [0.2, 0.25) is 0 Å². The maximum Gasteiger partial charge on any atom is 0.279 e. The number of sulfonamides is 1. The number of anilines is 1. The molecular weight excluding hydrogens is 520 g/mol. The standard InChI is InChI=1S/C21H22N6O6S2.C2H6/c1-12-23-24-20(34-12)18-19-22-10-13(11-27(19)26(2)21(18)28)25-35(29,30)7-6-15-16(32-4)8-14(31-3)9-17(15)33-5;1-2/h6-11,25H,1-5H3;1-2H3/b7-6+;. The highest BCUT2D eigenvalue weighted by Crippen LogP contribution is 2.35. The Morgan fingerprint density at radius 3 is 2.24 bits per heavy atom. The molecule has 0 amide bonds. The van der Waals surface area contributed by atoms with Crippen molar-refractivity contribution < 1.29 is 22.6 Å². The van der Waals surface area contributed by atoms with Crippen LogP contribution >= 0.6 is 11.3 Å². The van der Waals surface area contributed by atoms with Gasteiger partial charge in [0.1, 0.15) is 27.8 Å². The number of rotatable bonds is 8. The number of ether oxygens (including phenoxy) is 3. The van der Waals surface area contributed by atoms with E-state index >= 15 is 0 Å². The number of nitrogens with zero attached hydrogens (tertiary/aromatic N) is 5. The van der Waals surface area contributed by atoms with E-state index in [0.717, 1.165) is 5.41 Å². The van der Waals surface area contributed by atoms with E-state index in [4.69, 9.17) is 14.2 Å². The van der Waals surface area contributed by atoms with Crippen LogP contribution in [0.5, 0.6) is 17.2 Å². The Bertz CT molecular complexity index is 1580. The molecule has 1 N–H and O–H groups in total. The van der Waals surface area contributed by atoms with E-state index in [1.54, 1.807) is 26.1 Å². The van der Waals surface area contributed by atoms with Crippen LogP contribution in [0, 0.1) is 6.92 Å².